The van der Waals surface area contributed by atoms with Gasteiger partial charge in [-0.25, -0.2) is 18.0 Å². The van der Waals surface area contributed by atoms with Crippen molar-refractivity contribution in [3.63, 3.8) is 0 Å². The average Bonchev–Trinajstić information content (AvgIpc) is 4.21. The van der Waals surface area contributed by atoms with Crippen LogP contribution in [0.4, 0.5) is 13.2 Å². The number of fused-ring (bicyclic) bond motifs is 4. The summed E-state index contributed by atoms with van der Waals surface area (Å²) in [6.07, 6.45) is 7.55. The Morgan fingerprint density at radius 2 is 0.838 bits per heavy atom. The monoisotopic (exact) mass is 1170 g/mol. The van der Waals surface area contributed by atoms with Gasteiger partial charge in [0, 0.05) is 88.0 Å². The highest BCUT2D eigenvalue weighted by atomic mass is 127. The van der Waals surface area contributed by atoms with Crippen molar-refractivity contribution in [3.05, 3.63) is 235 Å². The second kappa shape index (κ2) is 23.8. The number of carboxylic acid groups (broad SMARTS) is 1. The summed E-state index contributed by atoms with van der Waals surface area (Å²) < 4.78 is 44.0. The van der Waals surface area contributed by atoms with Gasteiger partial charge in [-0.05, 0) is 242 Å². The zero-order chi connectivity index (χ0) is 53.4. The third-order valence-corrected chi connectivity index (χ3v) is 13.2. The van der Waals surface area contributed by atoms with E-state index in [9.17, 15) is 32.3 Å². The van der Waals surface area contributed by atoms with Gasteiger partial charge in [-0.15, -0.1) is 0 Å². The van der Waals surface area contributed by atoms with Crippen LogP contribution in [0.25, 0.3) is 55.0 Å². The Morgan fingerprint density at radius 3 is 1.27 bits per heavy atom. The number of rotatable bonds is 6. The Balaban J connectivity index is 0.000000140. The first-order valence-corrected chi connectivity index (χ1v) is 24.9. The van der Waals surface area contributed by atoms with E-state index < -0.39 is 5.97 Å². The lowest BCUT2D eigenvalue weighted by Crippen LogP contribution is -1.99. The number of Topliss-reactive ketones (excluding diaryl/α,β-unsaturated/α-hetero) is 3. The number of nitrogens with zero attached hydrogens (tertiary/aromatic N) is 2. The van der Waals surface area contributed by atoms with Gasteiger partial charge in [0.25, 0.3) is 0 Å². The minimum atomic E-state index is -0.940. The van der Waals surface area contributed by atoms with E-state index in [0.29, 0.717) is 5.56 Å². The minimum absolute atomic E-state index is 0.0598. The van der Waals surface area contributed by atoms with E-state index in [2.05, 4.69) is 48.5 Å². The second-order valence-corrected chi connectivity index (χ2v) is 19.4. The van der Waals surface area contributed by atoms with Gasteiger partial charge in [-0.3, -0.25) is 14.4 Å². The van der Waals surface area contributed by atoms with Crippen molar-refractivity contribution in [2.24, 2.45) is 0 Å². The number of aromatic nitrogens is 4. The molecule has 0 atom stereocenters. The molecule has 4 heterocycles. The molecule has 0 saturated carbocycles. The number of ketones is 3. The normalized spacial score (nSPS) is 10.6. The van der Waals surface area contributed by atoms with Crippen LogP contribution in [0.1, 0.15) is 78.9 Å². The quantitative estimate of drug-likeness (QED) is 0.113. The summed E-state index contributed by atoms with van der Waals surface area (Å²) in [6, 6.07) is 41.3. The van der Waals surface area contributed by atoms with Crippen LogP contribution in [0.5, 0.6) is 0 Å². The molecule has 7 aromatic carbocycles. The lowest BCUT2D eigenvalue weighted by molar-refractivity contribution is 0.0696. The summed E-state index contributed by atoms with van der Waals surface area (Å²) in [6.45, 7) is 10.6. The van der Waals surface area contributed by atoms with E-state index in [0.717, 1.165) is 90.8 Å². The van der Waals surface area contributed by atoms with Gasteiger partial charge in [0.2, 0.25) is 0 Å². The van der Waals surface area contributed by atoms with Gasteiger partial charge in [-0.1, -0.05) is 0 Å². The molecule has 0 unspecified atom stereocenters. The predicted octanol–water partition coefficient (Wildman–Crippen LogP) is 16.3. The molecule has 0 aliphatic carbocycles. The zero-order valence-electron chi connectivity index (χ0n) is 41.0. The maximum Gasteiger partial charge on any atom is 0.335 e. The van der Waals surface area contributed by atoms with Crippen LogP contribution < -0.4 is 0 Å². The molecule has 4 aromatic heterocycles. The van der Waals surface area contributed by atoms with E-state index in [4.69, 9.17) is 5.11 Å². The van der Waals surface area contributed by atoms with Crippen molar-refractivity contribution < 1.29 is 37.5 Å². The Bertz CT molecular complexity index is 3590. The molecular formula is C60H49BrF3IN4O5. The molecule has 11 rings (SSSR count). The summed E-state index contributed by atoms with van der Waals surface area (Å²) >= 11 is 5.54. The molecule has 9 nitrogen and oxygen atoms in total. The first-order valence-electron chi connectivity index (χ1n) is 23.0. The third-order valence-electron chi connectivity index (χ3n) is 11.9. The number of nitrogens with one attached hydrogen (secondary N) is 2. The van der Waals surface area contributed by atoms with Crippen molar-refractivity contribution in [2.75, 3.05) is 0 Å². The molecule has 0 bridgehead atoms. The van der Waals surface area contributed by atoms with Gasteiger partial charge < -0.3 is 24.2 Å². The van der Waals surface area contributed by atoms with Crippen molar-refractivity contribution in [3.8, 4) is 11.4 Å². The molecule has 0 aliphatic rings. The Hall–Kier alpha value is -7.82. The molecule has 0 saturated heterocycles. The fourth-order valence-corrected chi connectivity index (χ4v) is 9.22. The van der Waals surface area contributed by atoms with E-state index in [1.54, 1.807) is 69.3 Å². The average molecular weight is 1170 g/mol. The number of carboxylic acids is 1. The van der Waals surface area contributed by atoms with Crippen LogP contribution in [0.2, 0.25) is 0 Å². The van der Waals surface area contributed by atoms with Crippen LogP contribution in [-0.4, -0.2) is 47.5 Å². The minimum Gasteiger partial charge on any atom is -0.478 e. The van der Waals surface area contributed by atoms with E-state index >= 15 is 0 Å². The number of aryl methyl sites for hydroxylation is 3. The van der Waals surface area contributed by atoms with Crippen LogP contribution in [-0.2, 0) is 0 Å². The van der Waals surface area contributed by atoms with E-state index in [1.165, 1.54) is 36.4 Å². The van der Waals surface area contributed by atoms with Gasteiger partial charge >= 0.3 is 5.97 Å². The highest BCUT2D eigenvalue weighted by Gasteiger charge is 2.13. The molecule has 11 aromatic rings. The van der Waals surface area contributed by atoms with Crippen molar-refractivity contribution in [2.45, 2.75) is 41.5 Å². The lowest BCUT2D eigenvalue weighted by atomic mass is 10.1. The zero-order valence-corrected chi connectivity index (χ0v) is 44.8. The molecule has 3 N–H and O–H groups in total. The summed E-state index contributed by atoms with van der Waals surface area (Å²) in [5.41, 5.74) is 11.4. The molecule has 0 fully saturated rings. The van der Waals surface area contributed by atoms with Gasteiger partial charge in [0.05, 0.1) is 22.1 Å². The predicted molar refractivity (Wildman–Crippen MR) is 301 cm³/mol. The summed E-state index contributed by atoms with van der Waals surface area (Å²) in [4.78, 5) is 51.1. The third kappa shape index (κ3) is 13.0. The molecule has 0 spiro atoms. The van der Waals surface area contributed by atoms with Gasteiger partial charge in [0.15, 0.2) is 17.3 Å². The number of H-pyrrole nitrogens is 2. The molecule has 0 radical (unpaired) electrons. The topological polar surface area (TPSA) is 130 Å². The first-order chi connectivity index (χ1) is 35.3. The SMILES string of the molecule is CC(=O)c1cc(Br)c2[nH]ccc2c1.CC(=O)c1cc(C)c2[nH]ccc2c1.CC(=O)c1cc(C)c2c(ccn2-c2ccc(F)cc2)c1.Cc1cc(C(=O)O)cc2ccn(-c3ccc(F)cc3)c12.Fc1ccc(I)cc1. The maximum absolute atomic E-state index is 13.0. The number of hydrogen-bond acceptors (Lipinski definition) is 4. The molecule has 0 amide bonds. The van der Waals surface area contributed by atoms with Crippen molar-refractivity contribution in [1.29, 1.82) is 0 Å². The number of benzene rings is 7. The number of aromatic amines is 2. The number of aromatic carboxylic acids is 1. The van der Waals surface area contributed by atoms with Crippen molar-refractivity contribution >= 4 is 105 Å². The molecular weight excluding hydrogens is 1120 g/mol. The van der Waals surface area contributed by atoms with E-state index in [1.807, 2.05) is 115 Å². The van der Waals surface area contributed by atoms with Gasteiger partial charge in [-0.2, -0.15) is 0 Å². The number of carbonyl (C=O) groups excluding carboxylic acids is 3. The number of hydrogen-bond donors (Lipinski definition) is 3. The molecule has 374 valence electrons. The van der Waals surface area contributed by atoms with Crippen LogP contribution in [0, 0.1) is 41.8 Å². The maximum atomic E-state index is 13.0. The fourth-order valence-electron chi connectivity index (χ4n) is 8.27. The molecule has 74 heavy (non-hydrogen) atoms. The smallest absolute Gasteiger partial charge is 0.335 e. The van der Waals surface area contributed by atoms with Crippen LogP contribution in [0.3, 0.4) is 0 Å². The summed E-state index contributed by atoms with van der Waals surface area (Å²) in [7, 11) is 0. The Kier molecular flexibility index (Phi) is 17.4. The van der Waals surface area contributed by atoms with E-state index in [-0.39, 0.29) is 40.4 Å². The Morgan fingerprint density at radius 1 is 0.473 bits per heavy atom. The fraction of sp³-hybridized carbons (Fsp3) is 0.100. The first kappa shape index (κ1) is 54.0. The van der Waals surface area contributed by atoms with Crippen molar-refractivity contribution in [1.82, 2.24) is 19.1 Å². The second-order valence-electron chi connectivity index (χ2n) is 17.3. The Labute approximate surface area is 446 Å². The lowest BCUT2D eigenvalue weighted by Gasteiger charge is -2.09. The molecule has 0 aliphatic heterocycles. The number of halogens is 5. The van der Waals surface area contributed by atoms with Gasteiger partial charge in [0.1, 0.15) is 17.5 Å². The molecule has 14 heteroatoms. The summed E-state index contributed by atoms with van der Waals surface area (Å²) in [5, 5.41) is 13.1. The highest BCUT2D eigenvalue weighted by molar-refractivity contribution is 14.1. The number of carbonyl (C=O) groups is 4. The van der Waals surface area contributed by atoms with Crippen LogP contribution >= 0.6 is 38.5 Å². The standard InChI is InChI=1S/C17H14FNO.C16H12FNO2.C11H11NO.C10H8BrNO.C6H4FI/c1-11-9-14(12(2)20)10-13-7-8-19(17(11)13)16-5-3-15(18)4-6-16;1-10-8-12(16(19)20)9-11-6-7-18(15(10)11)14-4-2-13(17)3-5-14;1-7-5-10(8(2)13)6-9-3-4-12-11(7)9;1-6(13)8-4-7-2-3-12-10(7)9(11)5-8;7-5-1-3-6(8)4-2-5/h3-10H,1-2H3;2-9H,1H3,(H,19,20);3-6,12H,1-2H3;2-5,12H,1H3;1-4H. The largest absolute Gasteiger partial charge is 0.478 e. The summed E-state index contributed by atoms with van der Waals surface area (Å²) in [5.74, 6) is -1.38. The van der Waals surface area contributed by atoms with Crippen LogP contribution in [0.15, 0.2) is 175 Å². The highest BCUT2D eigenvalue weighted by Crippen LogP contribution is 2.28.